The van der Waals surface area contributed by atoms with Crippen molar-refractivity contribution in [1.29, 1.82) is 0 Å². The molecule has 0 N–H and O–H groups in total. The third kappa shape index (κ3) is 10.8. The van der Waals surface area contributed by atoms with Gasteiger partial charge < -0.3 is 0 Å². The van der Waals surface area contributed by atoms with Gasteiger partial charge in [0.2, 0.25) is 0 Å². The van der Waals surface area contributed by atoms with Crippen LogP contribution in [0.15, 0.2) is 101 Å². The van der Waals surface area contributed by atoms with E-state index in [4.69, 9.17) is 18.9 Å². The Kier molecular flexibility index (Phi) is 15.3. The SMILES string of the molecule is CCC[CH2][Sn]([CH2]CCC)([CH2]CCC)[C]1=C[C@@H](OCc2ccccc2)[C@H](OCc2ccccc2)[C@@H](COCc2ccccc2)O1. The van der Waals surface area contributed by atoms with E-state index in [0.717, 1.165) is 5.56 Å². The molecule has 4 nitrogen and oxygen atoms in total. The molecule has 1 aliphatic heterocycles. The molecule has 5 heteroatoms. The molecule has 1 heterocycles. The normalized spacial score (nSPS) is 18.5. The Morgan fingerprint density at radius 1 is 0.591 bits per heavy atom. The number of benzene rings is 3. The van der Waals surface area contributed by atoms with Crippen LogP contribution in [0.25, 0.3) is 0 Å². The predicted octanol–water partition coefficient (Wildman–Crippen LogP) is 10.0. The topological polar surface area (TPSA) is 36.9 Å². The van der Waals surface area contributed by atoms with E-state index in [1.807, 2.05) is 12.1 Å². The second-order valence-electron chi connectivity index (χ2n) is 12.3. The van der Waals surface area contributed by atoms with Gasteiger partial charge in [-0.3, -0.25) is 0 Å². The molecule has 0 radical (unpaired) electrons. The van der Waals surface area contributed by atoms with Gasteiger partial charge in [0.1, 0.15) is 0 Å². The Hall–Kier alpha value is -2.12. The minimum atomic E-state index is -2.90. The predicted molar refractivity (Wildman–Crippen MR) is 184 cm³/mol. The Labute approximate surface area is 271 Å². The molecule has 44 heavy (non-hydrogen) atoms. The van der Waals surface area contributed by atoms with Crippen LogP contribution < -0.4 is 0 Å². The van der Waals surface area contributed by atoms with Gasteiger partial charge in [0, 0.05) is 0 Å². The molecule has 0 aromatic heterocycles. The molecule has 0 bridgehead atoms. The van der Waals surface area contributed by atoms with Crippen LogP contribution >= 0.6 is 0 Å². The summed E-state index contributed by atoms with van der Waals surface area (Å²) < 4.78 is 32.5. The molecule has 4 rings (SSSR count). The molecule has 3 aromatic rings. The Balaban J connectivity index is 1.67. The molecule has 0 saturated heterocycles. The van der Waals surface area contributed by atoms with E-state index in [2.05, 4.69) is 106 Å². The fourth-order valence-electron chi connectivity index (χ4n) is 6.19. The van der Waals surface area contributed by atoms with Gasteiger partial charge in [-0.25, -0.2) is 0 Å². The van der Waals surface area contributed by atoms with Crippen LogP contribution in [0.2, 0.25) is 13.3 Å². The quantitative estimate of drug-likeness (QED) is 0.110. The molecular weight excluding hydrogens is 651 g/mol. The Morgan fingerprint density at radius 3 is 1.52 bits per heavy atom. The van der Waals surface area contributed by atoms with Gasteiger partial charge in [-0.05, 0) is 0 Å². The van der Waals surface area contributed by atoms with E-state index >= 15 is 0 Å². The summed E-state index contributed by atoms with van der Waals surface area (Å²) in [6, 6.07) is 31.3. The van der Waals surface area contributed by atoms with Crippen LogP contribution in [0, 0.1) is 0 Å². The molecule has 1 aliphatic rings. The van der Waals surface area contributed by atoms with E-state index in [0.29, 0.717) is 26.4 Å². The summed E-state index contributed by atoms with van der Waals surface area (Å²) in [6.45, 7) is 9.04. The van der Waals surface area contributed by atoms with Crippen LogP contribution in [0.3, 0.4) is 0 Å². The first-order valence-electron chi connectivity index (χ1n) is 17.0. The maximum atomic E-state index is 7.19. The average Bonchev–Trinajstić information content (AvgIpc) is 3.08. The zero-order valence-electron chi connectivity index (χ0n) is 27.3. The standard InChI is InChI=1S/C27H27O4.3C4H9.Sn/c1-4-10-22(11-5-1)18-28-21-26-27(31-20-24-14-8-3-9-15-24)25(16-17-29-26)30-19-23-12-6-2-7-13-23;3*1-3-4-2;/h1-16,25-27H,18-21H2;3*1,3-4H2,2H3;/t25-,26-,27+;;;;/m1..../s1. The first kappa shape index (κ1) is 34.7. The van der Waals surface area contributed by atoms with Crippen LogP contribution in [-0.4, -0.2) is 43.3 Å². The number of hydrogen-bond acceptors (Lipinski definition) is 4. The van der Waals surface area contributed by atoms with Crippen LogP contribution in [-0.2, 0) is 38.8 Å². The number of rotatable bonds is 20. The fraction of sp³-hybridized carbons (Fsp3) is 0.487. The second kappa shape index (κ2) is 19.4. The van der Waals surface area contributed by atoms with Gasteiger partial charge in [-0.2, -0.15) is 0 Å². The van der Waals surface area contributed by atoms with Gasteiger partial charge >= 0.3 is 272 Å². The summed E-state index contributed by atoms with van der Waals surface area (Å²) in [4.78, 5) is 0. The summed E-state index contributed by atoms with van der Waals surface area (Å²) in [6.07, 6.45) is 9.20. The van der Waals surface area contributed by atoms with Crippen LogP contribution in [0.1, 0.15) is 76.0 Å². The average molecular weight is 706 g/mol. The number of hydrogen-bond donors (Lipinski definition) is 0. The summed E-state index contributed by atoms with van der Waals surface area (Å²) in [5.41, 5.74) is 3.49. The van der Waals surface area contributed by atoms with Crippen LogP contribution in [0.5, 0.6) is 0 Å². The maximum absolute atomic E-state index is 7.19. The summed E-state index contributed by atoms with van der Waals surface area (Å²) in [5, 5.41) is 0. The zero-order chi connectivity index (χ0) is 30.9. The molecule has 0 saturated carbocycles. The first-order valence-corrected chi connectivity index (χ1v) is 24.5. The Bertz CT molecular complexity index is 1180. The molecule has 0 spiro atoms. The molecule has 238 valence electrons. The van der Waals surface area contributed by atoms with E-state index < -0.39 is 18.4 Å². The van der Waals surface area contributed by atoms with E-state index in [9.17, 15) is 0 Å². The van der Waals surface area contributed by atoms with Gasteiger partial charge in [0.15, 0.2) is 0 Å². The monoisotopic (exact) mass is 706 g/mol. The van der Waals surface area contributed by atoms with Crippen molar-refractivity contribution >= 4 is 18.4 Å². The third-order valence-corrected chi connectivity index (χ3v) is 23.8. The van der Waals surface area contributed by atoms with E-state index in [1.165, 1.54) is 66.7 Å². The molecule has 0 fully saturated rings. The van der Waals surface area contributed by atoms with Crippen molar-refractivity contribution in [2.24, 2.45) is 0 Å². The van der Waals surface area contributed by atoms with E-state index in [-0.39, 0.29) is 18.3 Å². The van der Waals surface area contributed by atoms with Gasteiger partial charge in [0.25, 0.3) is 0 Å². The summed E-state index contributed by atoms with van der Waals surface area (Å²) in [7, 11) is 0. The fourth-order valence-corrected chi connectivity index (χ4v) is 21.9. The van der Waals surface area contributed by atoms with Crippen molar-refractivity contribution in [2.45, 2.75) is 111 Å². The van der Waals surface area contributed by atoms with Crippen molar-refractivity contribution in [3.63, 3.8) is 0 Å². The first-order chi connectivity index (χ1) is 21.7. The molecular formula is C39H54O4Sn. The number of ether oxygens (including phenoxy) is 4. The molecule has 3 aromatic carbocycles. The van der Waals surface area contributed by atoms with Gasteiger partial charge in [0.05, 0.1) is 0 Å². The van der Waals surface area contributed by atoms with Crippen molar-refractivity contribution in [1.82, 2.24) is 0 Å². The van der Waals surface area contributed by atoms with Gasteiger partial charge in [-0.15, -0.1) is 0 Å². The molecule has 0 aliphatic carbocycles. The van der Waals surface area contributed by atoms with Crippen molar-refractivity contribution in [3.05, 3.63) is 118 Å². The third-order valence-electron chi connectivity index (χ3n) is 8.80. The molecule has 0 amide bonds. The number of unbranched alkanes of at least 4 members (excludes halogenated alkanes) is 3. The molecule has 0 unspecified atom stereocenters. The Morgan fingerprint density at radius 2 is 1.05 bits per heavy atom. The minimum absolute atomic E-state index is 0.200. The van der Waals surface area contributed by atoms with E-state index in [1.54, 1.807) is 0 Å². The van der Waals surface area contributed by atoms with Gasteiger partial charge in [-0.1, -0.05) is 0 Å². The van der Waals surface area contributed by atoms with Crippen molar-refractivity contribution in [3.8, 4) is 0 Å². The van der Waals surface area contributed by atoms with Crippen molar-refractivity contribution in [2.75, 3.05) is 6.61 Å². The summed E-state index contributed by atoms with van der Waals surface area (Å²) in [5.74, 6) is 0. The summed E-state index contributed by atoms with van der Waals surface area (Å²) >= 11 is -2.90. The van der Waals surface area contributed by atoms with Crippen molar-refractivity contribution < 1.29 is 18.9 Å². The van der Waals surface area contributed by atoms with Crippen LogP contribution in [0.4, 0.5) is 0 Å². The second-order valence-corrected chi connectivity index (χ2v) is 25.3. The zero-order valence-corrected chi connectivity index (χ0v) is 30.1. The molecule has 3 atom stereocenters.